The minimum atomic E-state index is -0.465. The summed E-state index contributed by atoms with van der Waals surface area (Å²) in [6.07, 6.45) is 12.3. The van der Waals surface area contributed by atoms with E-state index in [4.69, 9.17) is 5.26 Å². The number of nitriles is 1. The van der Waals surface area contributed by atoms with E-state index in [1.807, 2.05) is 6.92 Å². The fourth-order valence-electron chi connectivity index (χ4n) is 8.90. The highest BCUT2D eigenvalue weighted by atomic mass is 16.3. The second-order valence-electron chi connectivity index (χ2n) is 11.9. The van der Waals surface area contributed by atoms with Crippen LogP contribution in [0.5, 0.6) is 0 Å². The second-order valence-corrected chi connectivity index (χ2v) is 11.9. The summed E-state index contributed by atoms with van der Waals surface area (Å²) < 4.78 is 1.65. The molecule has 0 spiro atoms. The molecule has 1 heterocycles. The van der Waals surface area contributed by atoms with Gasteiger partial charge in [0.15, 0.2) is 5.78 Å². The summed E-state index contributed by atoms with van der Waals surface area (Å²) in [7, 11) is 0. The Bertz CT molecular complexity index is 899. The molecule has 5 rings (SSSR count). The Morgan fingerprint density at radius 1 is 1.23 bits per heavy atom. The lowest BCUT2D eigenvalue weighted by molar-refractivity contribution is -0.133. The van der Waals surface area contributed by atoms with Crippen LogP contribution in [-0.4, -0.2) is 26.3 Å². The highest BCUT2D eigenvalue weighted by Crippen LogP contribution is 2.66. The Morgan fingerprint density at radius 3 is 2.74 bits per heavy atom. The third-order valence-electron chi connectivity index (χ3n) is 10.0. The zero-order valence-electron chi connectivity index (χ0n) is 19.3. The Morgan fingerprint density at radius 2 is 2.00 bits per heavy atom. The van der Waals surface area contributed by atoms with Gasteiger partial charge in [0.1, 0.15) is 6.07 Å². The largest absolute Gasteiger partial charge is 0.390 e. The number of hydrogen-bond donors (Lipinski definition) is 1. The number of carbonyl (C=O) groups excluding carboxylic acids is 1. The molecule has 9 atom stereocenters. The van der Waals surface area contributed by atoms with Crippen LogP contribution in [0.3, 0.4) is 0 Å². The highest BCUT2D eigenvalue weighted by Gasteiger charge is 2.60. The molecule has 4 fully saturated rings. The zero-order valence-corrected chi connectivity index (χ0v) is 19.3. The molecule has 4 saturated carbocycles. The van der Waals surface area contributed by atoms with Gasteiger partial charge in [-0.05, 0) is 99.2 Å². The molecule has 5 heteroatoms. The van der Waals surface area contributed by atoms with Crippen molar-refractivity contribution in [2.24, 2.45) is 46.8 Å². The van der Waals surface area contributed by atoms with Crippen molar-refractivity contribution in [2.45, 2.75) is 84.3 Å². The number of ketones is 1. The van der Waals surface area contributed by atoms with Gasteiger partial charge in [-0.1, -0.05) is 13.8 Å². The van der Waals surface area contributed by atoms with E-state index >= 15 is 0 Å². The first-order valence-corrected chi connectivity index (χ1v) is 12.4. The van der Waals surface area contributed by atoms with Crippen LogP contribution in [-0.2, 0) is 11.3 Å². The van der Waals surface area contributed by atoms with Crippen LogP contribution >= 0.6 is 0 Å². The molecule has 5 nitrogen and oxygen atoms in total. The molecular weight excluding hydrogens is 386 g/mol. The van der Waals surface area contributed by atoms with Gasteiger partial charge in [0.25, 0.3) is 0 Å². The Kier molecular flexibility index (Phi) is 5.09. The van der Waals surface area contributed by atoms with Crippen molar-refractivity contribution < 1.29 is 9.90 Å². The van der Waals surface area contributed by atoms with Crippen molar-refractivity contribution in [1.82, 2.24) is 9.78 Å². The predicted octanol–water partition coefficient (Wildman–Crippen LogP) is 4.59. The molecular formula is C26H37N3O2. The maximum absolute atomic E-state index is 13.4. The van der Waals surface area contributed by atoms with Gasteiger partial charge < -0.3 is 5.11 Å². The lowest BCUT2D eigenvalue weighted by Crippen LogP contribution is -2.51. The van der Waals surface area contributed by atoms with Gasteiger partial charge in [0.05, 0.1) is 23.9 Å². The van der Waals surface area contributed by atoms with Crippen molar-refractivity contribution in [1.29, 1.82) is 5.26 Å². The molecule has 0 aliphatic heterocycles. The van der Waals surface area contributed by atoms with Crippen LogP contribution in [0.2, 0.25) is 0 Å². The molecule has 168 valence electrons. The van der Waals surface area contributed by atoms with E-state index < -0.39 is 5.60 Å². The van der Waals surface area contributed by atoms with Crippen molar-refractivity contribution in [3.63, 3.8) is 0 Å². The Hall–Kier alpha value is -1.67. The van der Waals surface area contributed by atoms with Gasteiger partial charge in [-0.15, -0.1) is 0 Å². The number of rotatable bonds is 3. The summed E-state index contributed by atoms with van der Waals surface area (Å²) in [5.74, 6) is 4.62. The van der Waals surface area contributed by atoms with Crippen molar-refractivity contribution in [2.75, 3.05) is 0 Å². The lowest BCUT2D eigenvalue weighted by Gasteiger charge is -2.57. The smallest absolute Gasteiger partial charge is 0.157 e. The standard InChI is InChI=1S/C26H37N3O2/c1-16-10-22(23(30)15-29-14-17(12-27)13-28-29)26(3)9-7-20-19-6-8-25(2,31)11-18(19)4-5-21(20)24(16)26/h13-14,16,18-22,24,31H,4-11,15H2,1-3H3/t16-,18?,19+,20-,21-,22?,24+,25-,26-/m1/s1. The third kappa shape index (κ3) is 3.46. The van der Waals surface area contributed by atoms with Crippen molar-refractivity contribution >= 4 is 5.78 Å². The van der Waals surface area contributed by atoms with Gasteiger partial charge >= 0.3 is 0 Å². The minimum Gasteiger partial charge on any atom is -0.390 e. The van der Waals surface area contributed by atoms with Gasteiger partial charge in [-0.25, -0.2) is 0 Å². The first kappa shape index (κ1) is 21.2. The normalized spacial score (nSPS) is 46.5. The summed E-state index contributed by atoms with van der Waals surface area (Å²) >= 11 is 0. The summed E-state index contributed by atoms with van der Waals surface area (Å²) in [6, 6.07) is 2.10. The van der Waals surface area contributed by atoms with Gasteiger partial charge in [0, 0.05) is 12.1 Å². The molecule has 0 radical (unpaired) electrons. The lowest BCUT2D eigenvalue weighted by atomic mass is 9.48. The van der Waals surface area contributed by atoms with Gasteiger partial charge in [-0.3, -0.25) is 9.48 Å². The van der Waals surface area contributed by atoms with E-state index in [2.05, 4.69) is 25.0 Å². The second kappa shape index (κ2) is 7.44. The van der Waals surface area contributed by atoms with E-state index in [9.17, 15) is 9.90 Å². The fourth-order valence-corrected chi connectivity index (χ4v) is 8.90. The number of hydrogen-bond acceptors (Lipinski definition) is 4. The quantitative estimate of drug-likeness (QED) is 0.771. The maximum atomic E-state index is 13.4. The molecule has 0 amide bonds. The zero-order chi connectivity index (χ0) is 22.0. The van der Waals surface area contributed by atoms with E-state index in [0.29, 0.717) is 29.1 Å². The molecule has 0 bridgehead atoms. The summed E-state index contributed by atoms with van der Waals surface area (Å²) in [4.78, 5) is 13.4. The van der Waals surface area contributed by atoms with Crippen molar-refractivity contribution in [3.05, 3.63) is 18.0 Å². The number of aromatic nitrogens is 2. The Balaban J connectivity index is 1.34. The van der Waals surface area contributed by atoms with Crippen LogP contribution in [0, 0.1) is 58.2 Å². The maximum Gasteiger partial charge on any atom is 0.157 e. The number of aliphatic hydroxyl groups is 1. The molecule has 4 aliphatic carbocycles. The molecule has 0 aromatic carbocycles. The average molecular weight is 424 g/mol. The van der Waals surface area contributed by atoms with Gasteiger partial charge in [-0.2, -0.15) is 10.4 Å². The van der Waals surface area contributed by atoms with Crippen LogP contribution in [0.1, 0.15) is 77.7 Å². The van der Waals surface area contributed by atoms with Crippen LogP contribution < -0.4 is 0 Å². The number of nitrogens with zero attached hydrogens (tertiary/aromatic N) is 3. The summed E-state index contributed by atoms with van der Waals surface area (Å²) in [5.41, 5.74) is 0.142. The van der Waals surface area contributed by atoms with E-state index in [-0.39, 0.29) is 17.9 Å². The first-order valence-electron chi connectivity index (χ1n) is 12.4. The fraction of sp³-hybridized carbons (Fsp3) is 0.808. The van der Waals surface area contributed by atoms with Crippen LogP contribution in [0.25, 0.3) is 0 Å². The third-order valence-corrected chi connectivity index (χ3v) is 10.0. The molecule has 2 unspecified atom stereocenters. The highest BCUT2D eigenvalue weighted by molar-refractivity contribution is 5.82. The molecule has 0 saturated heterocycles. The van der Waals surface area contributed by atoms with Crippen LogP contribution in [0.4, 0.5) is 0 Å². The number of fused-ring (bicyclic) bond motifs is 5. The summed E-state index contributed by atoms with van der Waals surface area (Å²) in [6.45, 7) is 7.11. The Labute approximate surface area is 186 Å². The minimum absolute atomic E-state index is 0.0931. The molecule has 1 N–H and O–H groups in total. The summed E-state index contributed by atoms with van der Waals surface area (Å²) in [5, 5.41) is 23.9. The van der Waals surface area contributed by atoms with E-state index in [1.54, 1.807) is 17.1 Å². The van der Waals surface area contributed by atoms with E-state index in [0.717, 1.165) is 43.4 Å². The molecule has 1 aromatic rings. The average Bonchev–Trinajstić information content (AvgIpc) is 3.28. The van der Waals surface area contributed by atoms with Gasteiger partial charge in [0.2, 0.25) is 0 Å². The number of Topliss-reactive ketones (excluding diaryl/α,β-unsaturated/α-hetero) is 1. The van der Waals surface area contributed by atoms with Crippen LogP contribution in [0.15, 0.2) is 12.4 Å². The molecule has 4 aliphatic rings. The predicted molar refractivity (Wildman–Crippen MR) is 118 cm³/mol. The number of carbonyl (C=O) groups is 1. The topological polar surface area (TPSA) is 78.9 Å². The van der Waals surface area contributed by atoms with E-state index in [1.165, 1.54) is 25.7 Å². The van der Waals surface area contributed by atoms with Crippen molar-refractivity contribution in [3.8, 4) is 6.07 Å². The first-order chi connectivity index (χ1) is 14.7. The molecule has 1 aromatic heterocycles. The monoisotopic (exact) mass is 423 g/mol. The molecule has 31 heavy (non-hydrogen) atoms. The SMILES string of the molecule is C[C@@H]1CC(C(=O)Cn2cc(C#N)cn2)[C@@]2(C)CC[C@H]3[C@@H](CCC4C[C@](C)(O)CC[C@@H]43)[C@H]12.